The summed E-state index contributed by atoms with van der Waals surface area (Å²) in [6.45, 7) is 5.73. The summed E-state index contributed by atoms with van der Waals surface area (Å²) in [5.41, 5.74) is 2.52. The van der Waals surface area contributed by atoms with E-state index in [-0.39, 0.29) is 21.9 Å². The largest absolute Gasteiger partial charge is 0.324 e. The van der Waals surface area contributed by atoms with Gasteiger partial charge in [0.1, 0.15) is 12.4 Å². The molecule has 4 rings (SSSR count). The Hall–Kier alpha value is -4.50. The lowest BCUT2D eigenvalue weighted by Crippen LogP contribution is -2.38. The summed E-state index contributed by atoms with van der Waals surface area (Å²) in [5.74, 6) is -1.46. The second-order valence-corrected chi connectivity index (χ2v) is 12.1. The van der Waals surface area contributed by atoms with Crippen LogP contribution in [0.3, 0.4) is 0 Å². The summed E-state index contributed by atoms with van der Waals surface area (Å²) >= 11 is 0. The number of carbonyl (C=O) groups is 2. The lowest BCUT2D eigenvalue weighted by Gasteiger charge is -2.24. The topological polar surface area (TPSA) is 95.6 Å². The number of halogens is 1. The number of amides is 2. The molecule has 9 heteroatoms. The third-order valence-corrected chi connectivity index (χ3v) is 7.94. The zero-order valence-electron chi connectivity index (χ0n) is 22.4. The van der Waals surface area contributed by atoms with Crippen LogP contribution in [0.25, 0.3) is 0 Å². The number of benzene rings is 4. The highest BCUT2D eigenvalue weighted by Gasteiger charge is 2.27. The maximum atomic E-state index is 13.5. The number of hydrogen-bond acceptors (Lipinski definition) is 4. The third kappa shape index (κ3) is 6.92. The Labute approximate surface area is 233 Å². The van der Waals surface area contributed by atoms with Gasteiger partial charge in [-0.15, -0.1) is 0 Å². The van der Waals surface area contributed by atoms with Crippen LogP contribution in [0.1, 0.15) is 36.7 Å². The first-order valence-electron chi connectivity index (χ1n) is 12.6. The molecule has 0 aliphatic carbocycles. The summed E-state index contributed by atoms with van der Waals surface area (Å²) in [5, 5.41) is 5.50. The van der Waals surface area contributed by atoms with Crippen molar-refractivity contribution in [2.75, 3.05) is 21.5 Å². The van der Waals surface area contributed by atoms with Crippen molar-refractivity contribution in [2.24, 2.45) is 0 Å². The van der Waals surface area contributed by atoms with Gasteiger partial charge in [0.15, 0.2) is 0 Å². The first-order valence-corrected chi connectivity index (χ1v) is 14.0. The van der Waals surface area contributed by atoms with Crippen molar-refractivity contribution in [3.8, 4) is 0 Å². The number of anilines is 3. The van der Waals surface area contributed by atoms with Crippen LogP contribution < -0.4 is 14.9 Å². The Balaban J connectivity index is 1.49. The fourth-order valence-electron chi connectivity index (χ4n) is 3.97. The molecule has 0 spiro atoms. The van der Waals surface area contributed by atoms with E-state index in [2.05, 4.69) is 31.4 Å². The molecule has 2 amide bonds. The Morgan fingerprint density at radius 3 is 1.98 bits per heavy atom. The molecule has 0 bridgehead atoms. The highest BCUT2D eigenvalue weighted by atomic mass is 32.2. The molecule has 4 aromatic rings. The molecule has 0 radical (unpaired) electrons. The van der Waals surface area contributed by atoms with Gasteiger partial charge in [0, 0.05) is 16.9 Å². The van der Waals surface area contributed by atoms with Gasteiger partial charge in [-0.25, -0.2) is 12.8 Å². The number of hydrogen-bond donors (Lipinski definition) is 2. The normalized spacial score (nSPS) is 11.5. The molecule has 4 aromatic carbocycles. The van der Waals surface area contributed by atoms with Gasteiger partial charge in [0.05, 0.1) is 10.6 Å². The third-order valence-electron chi connectivity index (χ3n) is 6.15. The number of rotatable bonds is 8. The fourth-order valence-corrected chi connectivity index (χ4v) is 5.41. The van der Waals surface area contributed by atoms with Crippen molar-refractivity contribution >= 4 is 38.9 Å². The molecule has 0 aliphatic heterocycles. The van der Waals surface area contributed by atoms with E-state index >= 15 is 0 Å². The molecule has 0 fully saturated rings. The fraction of sp³-hybridized carbons (Fsp3) is 0.161. The monoisotopic (exact) mass is 559 g/mol. The minimum Gasteiger partial charge on any atom is -0.324 e. The quantitative estimate of drug-likeness (QED) is 0.268. The highest BCUT2D eigenvalue weighted by molar-refractivity contribution is 7.92. The maximum absolute atomic E-state index is 13.5. The van der Waals surface area contributed by atoms with Gasteiger partial charge < -0.3 is 10.6 Å². The van der Waals surface area contributed by atoms with Crippen molar-refractivity contribution in [3.63, 3.8) is 0 Å². The van der Waals surface area contributed by atoms with Gasteiger partial charge in [-0.3, -0.25) is 13.9 Å². The van der Waals surface area contributed by atoms with E-state index in [1.807, 2.05) is 12.1 Å². The van der Waals surface area contributed by atoms with Gasteiger partial charge in [-0.05, 0) is 77.7 Å². The van der Waals surface area contributed by atoms with E-state index in [0.717, 1.165) is 22.0 Å². The average Bonchev–Trinajstić information content (AvgIpc) is 2.92. The second-order valence-electron chi connectivity index (χ2n) is 10.2. The predicted octanol–water partition coefficient (Wildman–Crippen LogP) is 6.21. The van der Waals surface area contributed by atoms with E-state index in [9.17, 15) is 22.4 Å². The van der Waals surface area contributed by atoms with E-state index in [1.165, 1.54) is 24.3 Å². The van der Waals surface area contributed by atoms with E-state index < -0.39 is 28.3 Å². The van der Waals surface area contributed by atoms with Gasteiger partial charge in [-0.1, -0.05) is 57.2 Å². The van der Waals surface area contributed by atoms with Crippen LogP contribution in [0.2, 0.25) is 0 Å². The van der Waals surface area contributed by atoms with E-state index in [0.29, 0.717) is 16.9 Å². The Kier molecular flexibility index (Phi) is 8.35. The summed E-state index contributed by atoms with van der Waals surface area (Å²) in [7, 11) is -4.13. The number of nitrogens with zero attached hydrogens (tertiary/aromatic N) is 1. The Morgan fingerprint density at radius 1 is 0.775 bits per heavy atom. The van der Waals surface area contributed by atoms with E-state index in [4.69, 9.17) is 0 Å². The lowest BCUT2D eigenvalue weighted by atomic mass is 9.87. The van der Waals surface area contributed by atoms with Gasteiger partial charge in [-0.2, -0.15) is 0 Å². The molecular formula is C31H30FN3O4S. The zero-order valence-corrected chi connectivity index (χ0v) is 23.2. The van der Waals surface area contributed by atoms with Crippen LogP contribution in [-0.2, 0) is 20.2 Å². The molecular weight excluding hydrogens is 529 g/mol. The van der Waals surface area contributed by atoms with Gasteiger partial charge in [0.2, 0.25) is 5.91 Å². The van der Waals surface area contributed by atoms with Crippen LogP contribution in [0.15, 0.2) is 108 Å². The first-order chi connectivity index (χ1) is 18.9. The molecule has 2 N–H and O–H groups in total. The Morgan fingerprint density at radius 2 is 1.38 bits per heavy atom. The van der Waals surface area contributed by atoms with Crippen molar-refractivity contribution in [1.29, 1.82) is 0 Å². The molecule has 0 aliphatic rings. The average molecular weight is 560 g/mol. The van der Waals surface area contributed by atoms with Crippen LogP contribution in [0.5, 0.6) is 0 Å². The van der Waals surface area contributed by atoms with Crippen LogP contribution in [0.4, 0.5) is 21.5 Å². The van der Waals surface area contributed by atoms with Crippen molar-refractivity contribution in [2.45, 2.75) is 31.1 Å². The molecule has 7 nitrogen and oxygen atoms in total. The minimum absolute atomic E-state index is 0.00707. The van der Waals surface area contributed by atoms with Crippen LogP contribution in [0, 0.1) is 5.82 Å². The van der Waals surface area contributed by atoms with Crippen molar-refractivity contribution in [3.05, 3.63) is 120 Å². The molecule has 0 aromatic heterocycles. The first kappa shape index (κ1) is 28.5. The SMILES string of the molecule is CC(C)(C)c1ccc(C(=O)Nc2cccc(NC(=O)CN(c3ccc(F)cc3)S(=O)(=O)c3ccccc3)c2)cc1. The Bertz CT molecular complexity index is 1600. The maximum Gasteiger partial charge on any atom is 0.264 e. The van der Waals surface area contributed by atoms with Crippen molar-refractivity contribution in [1.82, 2.24) is 0 Å². The summed E-state index contributed by atoms with van der Waals surface area (Å²) in [6, 6.07) is 26.4. The molecule has 0 saturated carbocycles. The minimum atomic E-state index is -4.13. The molecule has 206 valence electrons. The smallest absolute Gasteiger partial charge is 0.264 e. The van der Waals surface area contributed by atoms with Crippen LogP contribution in [-0.4, -0.2) is 26.8 Å². The zero-order chi connectivity index (χ0) is 28.9. The molecule has 0 saturated heterocycles. The van der Waals surface area contributed by atoms with Gasteiger partial charge >= 0.3 is 0 Å². The standard InChI is InChI=1S/C31H30FN3O4S/c1-31(2,3)23-14-12-22(13-15-23)30(37)34-26-9-7-8-25(20-26)33-29(36)21-35(27-18-16-24(32)17-19-27)40(38,39)28-10-5-4-6-11-28/h4-20H,21H2,1-3H3,(H,33,36)(H,34,37). The highest BCUT2D eigenvalue weighted by Crippen LogP contribution is 2.25. The lowest BCUT2D eigenvalue weighted by molar-refractivity contribution is -0.114. The summed E-state index contributed by atoms with van der Waals surface area (Å²) < 4.78 is 41.3. The number of nitrogens with one attached hydrogen (secondary N) is 2. The number of carbonyl (C=O) groups excluding carboxylic acids is 2. The van der Waals surface area contributed by atoms with E-state index in [1.54, 1.807) is 54.6 Å². The predicted molar refractivity (Wildman–Crippen MR) is 156 cm³/mol. The second kappa shape index (κ2) is 11.7. The summed E-state index contributed by atoms with van der Waals surface area (Å²) in [6.07, 6.45) is 0. The molecule has 0 atom stereocenters. The van der Waals surface area contributed by atoms with Crippen LogP contribution >= 0.6 is 0 Å². The van der Waals surface area contributed by atoms with Gasteiger partial charge in [0.25, 0.3) is 15.9 Å². The summed E-state index contributed by atoms with van der Waals surface area (Å²) in [4.78, 5) is 25.8. The molecule has 40 heavy (non-hydrogen) atoms. The molecule has 0 heterocycles. The number of sulfonamides is 1. The molecule has 0 unspecified atom stereocenters. The van der Waals surface area contributed by atoms with Crippen molar-refractivity contribution < 1.29 is 22.4 Å².